The highest BCUT2D eigenvalue weighted by Gasteiger charge is 2.64. The minimum absolute atomic E-state index is 0.794. The van der Waals surface area contributed by atoms with Crippen molar-refractivity contribution in [2.45, 2.75) is 82.1 Å². The zero-order chi connectivity index (χ0) is 18.6. The zero-order valence-corrected chi connectivity index (χ0v) is 18.5. The lowest BCUT2D eigenvalue weighted by Crippen LogP contribution is -2.55. The molecule has 3 heteroatoms. The van der Waals surface area contributed by atoms with Crippen molar-refractivity contribution in [1.29, 1.82) is 0 Å². The van der Waals surface area contributed by atoms with Crippen LogP contribution in [0, 0.1) is 23.7 Å². The second-order valence-corrected chi connectivity index (χ2v) is 15.0. The Morgan fingerprint density at radius 1 is 0.852 bits per heavy atom. The summed E-state index contributed by atoms with van der Waals surface area (Å²) in [6.45, 7) is 5.24. The van der Waals surface area contributed by atoms with E-state index < -0.39 is 8.24 Å². The Balaban J connectivity index is 1.63. The Kier molecular flexibility index (Phi) is 4.67. The maximum atomic E-state index is 3.89. The van der Waals surface area contributed by atoms with Crippen LogP contribution in [0.2, 0.25) is 18.6 Å². The highest BCUT2D eigenvalue weighted by Crippen LogP contribution is 2.64. The van der Waals surface area contributed by atoms with Crippen LogP contribution < -0.4 is 9.88 Å². The summed E-state index contributed by atoms with van der Waals surface area (Å²) in [6, 6.07) is 13.1. The van der Waals surface area contributed by atoms with Gasteiger partial charge in [-0.05, 0) is 67.7 Å². The largest absolute Gasteiger partial charge is 0.365 e. The smallest absolute Gasteiger partial charge is 0.124 e. The molecule has 148 valence electrons. The van der Waals surface area contributed by atoms with E-state index in [1.54, 1.807) is 0 Å². The van der Waals surface area contributed by atoms with Gasteiger partial charge in [0.25, 0.3) is 0 Å². The summed E-state index contributed by atoms with van der Waals surface area (Å²) >= 11 is 0. The van der Waals surface area contributed by atoms with Crippen LogP contribution in [-0.2, 0) is 0 Å². The van der Waals surface area contributed by atoms with Crippen LogP contribution in [0.1, 0.15) is 51.4 Å². The highest BCUT2D eigenvalue weighted by atomic mass is 28.3. The van der Waals surface area contributed by atoms with Crippen LogP contribution in [0.15, 0.2) is 30.3 Å². The average molecular weight is 383 g/mol. The standard InChI is InChI=1S/C24H38N2Si/c1-25-27(2,3)24-19-14-8-7-13-18(19)22-20-15-9-10-16-21(20)26(23(22)24)17-11-5-4-6-12-17/h4-6,11-12,18-25H,7-10,13-16H2,1-3H3. The number of anilines is 1. The molecular formula is C24H38N2Si. The summed E-state index contributed by atoms with van der Waals surface area (Å²) in [5.74, 6) is 3.91. The molecule has 1 N–H and O–H groups in total. The molecule has 1 aliphatic heterocycles. The molecule has 3 saturated carbocycles. The fourth-order valence-electron chi connectivity index (χ4n) is 8.04. The van der Waals surface area contributed by atoms with Crippen molar-refractivity contribution in [2.75, 3.05) is 11.9 Å². The third-order valence-electron chi connectivity index (χ3n) is 9.08. The van der Waals surface area contributed by atoms with E-state index in [1.807, 2.05) is 0 Å². The molecule has 4 fully saturated rings. The van der Waals surface area contributed by atoms with E-state index in [0.29, 0.717) is 0 Å². The first-order valence-corrected chi connectivity index (χ1v) is 14.7. The van der Waals surface area contributed by atoms with Gasteiger partial charge in [0.2, 0.25) is 0 Å². The number of nitrogens with zero attached hydrogens (tertiary/aromatic N) is 1. The van der Waals surface area contributed by atoms with E-state index in [0.717, 1.165) is 41.3 Å². The maximum absolute atomic E-state index is 3.89. The average Bonchev–Trinajstić information content (AvgIpc) is 3.21. The lowest BCUT2D eigenvalue weighted by Gasteiger charge is -2.45. The second-order valence-electron chi connectivity index (χ2n) is 10.4. The summed E-state index contributed by atoms with van der Waals surface area (Å²) in [5, 5.41) is 0. The maximum Gasteiger partial charge on any atom is 0.124 e. The van der Waals surface area contributed by atoms with Gasteiger partial charge in [0, 0.05) is 17.8 Å². The van der Waals surface area contributed by atoms with E-state index in [4.69, 9.17) is 0 Å². The van der Waals surface area contributed by atoms with Gasteiger partial charge in [-0.25, -0.2) is 0 Å². The van der Waals surface area contributed by atoms with Gasteiger partial charge in [0.1, 0.15) is 8.24 Å². The first-order chi connectivity index (χ1) is 13.1. The topological polar surface area (TPSA) is 15.3 Å². The van der Waals surface area contributed by atoms with Crippen LogP contribution in [0.5, 0.6) is 0 Å². The fraction of sp³-hybridized carbons (Fsp3) is 0.750. The first-order valence-electron chi connectivity index (χ1n) is 11.7. The summed E-state index contributed by atoms with van der Waals surface area (Å²) < 4.78 is 0. The van der Waals surface area contributed by atoms with Crippen LogP contribution in [0.25, 0.3) is 0 Å². The molecule has 0 amide bonds. The lowest BCUT2D eigenvalue weighted by atomic mass is 9.70. The van der Waals surface area contributed by atoms with Crippen molar-refractivity contribution in [3.63, 3.8) is 0 Å². The van der Waals surface area contributed by atoms with Crippen molar-refractivity contribution in [2.24, 2.45) is 23.7 Å². The van der Waals surface area contributed by atoms with Gasteiger partial charge in [-0.1, -0.05) is 63.4 Å². The third kappa shape index (κ3) is 2.75. The Bertz CT molecular complexity index is 660. The number of benzene rings is 1. The second kappa shape index (κ2) is 6.91. The number of fused-ring (bicyclic) bond motifs is 5. The molecule has 0 bridgehead atoms. The molecule has 2 nitrogen and oxygen atoms in total. The van der Waals surface area contributed by atoms with E-state index in [1.165, 1.54) is 57.1 Å². The molecule has 4 aliphatic rings. The van der Waals surface area contributed by atoms with Gasteiger partial charge in [-0.2, -0.15) is 0 Å². The van der Waals surface area contributed by atoms with Gasteiger partial charge < -0.3 is 9.88 Å². The van der Waals surface area contributed by atoms with Gasteiger partial charge in [0.05, 0.1) is 0 Å². The SMILES string of the molecule is CN[Si](C)(C)C1C2CCCCC2C2C3CCCCC3N(c3ccccc3)C21. The van der Waals surface area contributed by atoms with Crippen LogP contribution in [-0.4, -0.2) is 27.4 Å². The van der Waals surface area contributed by atoms with Crippen molar-refractivity contribution >= 4 is 13.9 Å². The molecule has 3 aliphatic carbocycles. The van der Waals surface area contributed by atoms with E-state index >= 15 is 0 Å². The molecule has 1 heterocycles. The van der Waals surface area contributed by atoms with Crippen LogP contribution in [0.3, 0.4) is 0 Å². The van der Waals surface area contributed by atoms with Gasteiger partial charge >= 0.3 is 0 Å². The molecule has 1 saturated heterocycles. The molecule has 7 unspecified atom stereocenters. The van der Waals surface area contributed by atoms with E-state index in [9.17, 15) is 0 Å². The van der Waals surface area contributed by atoms with Crippen molar-refractivity contribution in [1.82, 2.24) is 4.98 Å². The molecular weight excluding hydrogens is 344 g/mol. The predicted octanol–water partition coefficient (Wildman–Crippen LogP) is 5.66. The zero-order valence-electron chi connectivity index (χ0n) is 17.5. The Hall–Kier alpha value is -0.803. The third-order valence-corrected chi connectivity index (χ3v) is 12.8. The number of para-hydroxylation sites is 1. The van der Waals surface area contributed by atoms with Crippen LogP contribution in [0.4, 0.5) is 5.69 Å². The minimum Gasteiger partial charge on any atom is -0.365 e. The Morgan fingerprint density at radius 2 is 1.48 bits per heavy atom. The van der Waals surface area contributed by atoms with Crippen molar-refractivity contribution in [3.8, 4) is 0 Å². The quantitative estimate of drug-likeness (QED) is 0.678. The molecule has 0 spiro atoms. The molecule has 7 atom stereocenters. The number of hydrogen-bond donors (Lipinski definition) is 1. The van der Waals surface area contributed by atoms with E-state index in [2.05, 4.69) is 60.4 Å². The molecule has 5 rings (SSSR count). The Morgan fingerprint density at radius 3 is 2.19 bits per heavy atom. The number of hydrogen-bond acceptors (Lipinski definition) is 2. The molecule has 0 aromatic heterocycles. The number of rotatable bonds is 3. The first kappa shape index (κ1) is 18.2. The lowest BCUT2D eigenvalue weighted by molar-refractivity contribution is 0.161. The monoisotopic (exact) mass is 382 g/mol. The normalized spacial score (nSPS) is 41.1. The molecule has 1 aromatic carbocycles. The highest BCUT2D eigenvalue weighted by molar-refractivity contribution is 6.76. The van der Waals surface area contributed by atoms with Gasteiger partial charge in [-0.3, -0.25) is 0 Å². The van der Waals surface area contributed by atoms with E-state index in [-0.39, 0.29) is 0 Å². The summed E-state index contributed by atoms with van der Waals surface area (Å²) in [5.41, 5.74) is 2.43. The predicted molar refractivity (Wildman–Crippen MR) is 118 cm³/mol. The minimum atomic E-state index is -1.47. The molecule has 27 heavy (non-hydrogen) atoms. The van der Waals surface area contributed by atoms with Crippen LogP contribution >= 0.6 is 0 Å². The van der Waals surface area contributed by atoms with Gasteiger partial charge in [0.15, 0.2) is 0 Å². The summed E-state index contributed by atoms with van der Waals surface area (Å²) in [4.78, 5) is 6.88. The Labute approximate surface area is 167 Å². The number of nitrogens with one attached hydrogen (secondary N) is 1. The molecule has 0 radical (unpaired) electrons. The van der Waals surface area contributed by atoms with Gasteiger partial charge in [-0.15, -0.1) is 0 Å². The summed E-state index contributed by atoms with van der Waals surface area (Å²) in [6.07, 6.45) is 11.8. The summed E-state index contributed by atoms with van der Waals surface area (Å²) in [7, 11) is 0.787. The van der Waals surface area contributed by atoms with Crippen molar-refractivity contribution in [3.05, 3.63) is 30.3 Å². The fourth-order valence-corrected chi connectivity index (χ4v) is 11.1. The molecule has 1 aromatic rings. The van der Waals surface area contributed by atoms with Crippen molar-refractivity contribution < 1.29 is 0 Å².